The molecule has 0 radical (unpaired) electrons. The third kappa shape index (κ3) is 5.05. The minimum absolute atomic E-state index is 0.0380. The Balaban J connectivity index is 1.23. The summed E-state index contributed by atoms with van der Waals surface area (Å²) in [4.78, 5) is 26.0. The van der Waals surface area contributed by atoms with Crippen LogP contribution in [0.15, 0.2) is 48.5 Å². The monoisotopic (exact) mass is 437 g/mol. The van der Waals surface area contributed by atoms with Crippen molar-refractivity contribution in [2.45, 2.75) is 56.7 Å². The Bertz CT molecular complexity index is 935. The summed E-state index contributed by atoms with van der Waals surface area (Å²) in [6.07, 6.45) is 4.67. The van der Waals surface area contributed by atoms with Gasteiger partial charge in [0.05, 0.1) is 5.56 Å². The predicted molar refractivity (Wildman–Crippen MR) is 121 cm³/mol. The summed E-state index contributed by atoms with van der Waals surface area (Å²) in [5.74, 6) is -0.329. The molecule has 2 aromatic rings. The molecular formula is C25H31N3O4. The molecule has 2 amide bonds. The highest BCUT2D eigenvalue weighted by Crippen LogP contribution is 2.45. The maximum absolute atomic E-state index is 11.9. The Morgan fingerprint density at radius 1 is 1.06 bits per heavy atom. The third-order valence-electron chi connectivity index (χ3n) is 6.73. The van der Waals surface area contributed by atoms with E-state index < -0.39 is 5.91 Å². The SMILES string of the molecule is NC(=O)c1cccc(C2CC3CCC(C2)N3CCCNC(=O)OCc2ccccc2)c1O. The van der Waals surface area contributed by atoms with Crippen LogP contribution < -0.4 is 11.1 Å². The number of ether oxygens (including phenoxy) is 1. The smallest absolute Gasteiger partial charge is 0.407 e. The van der Waals surface area contributed by atoms with Crippen molar-refractivity contribution < 1.29 is 19.4 Å². The number of hydrogen-bond donors (Lipinski definition) is 3. The molecule has 0 aromatic heterocycles. The Morgan fingerprint density at radius 3 is 2.47 bits per heavy atom. The van der Waals surface area contributed by atoms with Crippen molar-refractivity contribution in [3.05, 3.63) is 65.2 Å². The van der Waals surface area contributed by atoms with Crippen molar-refractivity contribution in [2.75, 3.05) is 13.1 Å². The fourth-order valence-electron chi connectivity index (χ4n) is 5.21. The number of fused-ring (bicyclic) bond motifs is 2. The number of piperidine rings is 1. The minimum Gasteiger partial charge on any atom is -0.507 e. The van der Waals surface area contributed by atoms with Crippen molar-refractivity contribution in [3.63, 3.8) is 0 Å². The van der Waals surface area contributed by atoms with Gasteiger partial charge in [0, 0.05) is 25.2 Å². The summed E-state index contributed by atoms with van der Waals surface area (Å²) < 4.78 is 5.26. The number of amides is 2. The van der Waals surface area contributed by atoms with E-state index in [1.165, 1.54) is 0 Å². The Morgan fingerprint density at radius 2 is 1.78 bits per heavy atom. The van der Waals surface area contributed by atoms with Gasteiger partial charge in [0.15, 0.2) is 0 Å². The number of phenols is 1. The lowest BCUT2D eigenvalue weighted by atomic mass is 9.83. The number of carbonyl (C=O) groups is 2. The molecule has 2 aromatic carbocycles. The Labute approximate surface area is 188 Å². The summed E-state index contributed by atoms with van der Waals surface area (Å²) in [6.45, 7) is 1.77. The highest BCUT2D eigenvalue weighted by atomic mass is 16.5. The molecule has 7 heteroatoms. The zero-order valence-corrected chi connectivity index (χ0v) is 18.2. The molecule has 2 aliphatic rings. The van der Waals surface area contributed by atoms with E-state index in [1.807, 2.05) is 36.4 Å². The van der Waals surface area contributed by atoms with Gasteiger partial charge < -0.3 is 20.9 Å². The van der Waals surface area contributed by atoms with Gasteiger partial charge in [0.25, 0.3) is 5.91 Å². The van der Waals surface area contributed by atoms with Crippen LogP contribution in [0.1, 0.15) is 59.5 Å². The van der Waals surface area contributed by atoms with Crippen LogP contribution in [0, 0.1) is 0 Å². The van der Waals surface area contributed by atoms with Crippen LogP contribution >= 0.6 is 0 Å². The minimum atomic E-state index is -0.598. The molecule has 2 heterocycles. The van der Waals surface area contributed by atoms with Crippen molar-refractivity contribution in [2.24, 2.45) is 5.73 Å². The van der Waals surface area contributed by atoms with E-state index in [1.54, 1.807) is 12.1 Å². The number of nitrogens with zero attached hydrogens (tertiary/aromatic N) is 1. The van der Waals surface area contributed by atoms with Gasteiger partial charge in [-0.25, -0.2) is 4.79 Å². The number of primary amides is 1. The fourth-order valence-corrected chi connectivity index (χ4v) is 5.21. The molecule has 0 aliphatic carbocycles. The second kappa shape index (κ2) is 10.0. The van der Waals surface area contributed by atoms with E-state index in [-0.39, 0.29) is 29.9 Å². The first-order valence-corrected chi connectivity index (χ1v) is 11.3. The summed E-state index contributed by atoms with van der Waals surface area (Å²) in [7, 11) is 0. The number of hydrogen-bond acceptors (Lipinski definition) is 5. The van der Waals surface area contributed by atoms with Gasteiger partial charge in [0.1, 0.15) is 12.4 Å². The number of rotatable bonds is 8. The molecular weight excluding hydrogens is 406 g/mol. The molecule has 2 saturated heterocycles. The zero-order chi connectivity index (χ0) is 22.5. The van der Waals surface area contributed by atoms with E-state index in [4.69, 9.17) is 10.5 Å². The largest absolute Gasteiger partial charge is 0.507 e. The van der Waals surface area contributed by atoms with Crippen LogP contribution in [0.2, 0.25) is 0 Å². The number of para-hydroxylation sites is 1. The molecule has 32 heavy (non-hydrogen) atoms. The summed E-state index contributed by atoms with van der Waals surface area (Å²) >= 11 is 0. The topological polar surface area (TPSA) is 105 Å². The van der Waals surface area contributed by atoms with Gasteiger partial charge >= 0.3 is 6.09 Å². The lowest BCUT2D eigenvalue weighted by molar-refractivity contribution is 0.0997. The van der Waals surface area contributed by atoms with E-state index in [0.29, 0.717) is 18.6 Å². The molecule has 2 fully saturated rings. The molecule has 2 bridgehead atoms. The van der Waals surface area contributed by atoms with Crippen LogP contribution in [-0.2, 0) is 11.3 Å². The van der Waals surface area contributed by atoms with Crippen LogP contribution in [0.5, 0.6) is 5.75 Å². The summed E-state index contributed by atoms with van der Waals surface area (Å²) in [5, 5.41) is 13.4. The Kier molecular flexibility index (Phi) is 6.95. The summed E-state index contributed by atoms with van der Waals surface area (Å²) in [6, 6.07) is 15.8. The lowest BCUT2D eigenvalue weighted by Crippen LogP contribution is -2.43. The summed E-state index contributed by atoms with van der Waals surface area (Å²) in [5.41, 5.74) is 7.39. The van der Waals surface area contributed by atoms with Crippen LogP contribution in [0.4, 0.5) is 4.79 Å². The molecule has 0 spiro atoms. The van der Waals surface area contributed by atoms with Crippen molar-refractivity contribution in [1.82, 2.24) is 10.2 Å². The van der Waals surface area contributed by atoms with Crippen LogP contribution in [-0.4, -0.2) is 47.2 Å². The van der Waals surface area contributed by atoms with Crippen LogP contribution in [0.3, 0.4) is 0 Å². The van der Waals surface area contributed by atoms with Crippen molar-refractivity contribution in [1.29, 1.82) is 0 Å². The van der Waals surface area contributed by atoms with Crippen molar-refractivity contribution >= 4 is 12.0 Å². The highest BCUT2D eigenvalue weighted by molar-refractivity contribution is 5.96. The fraction of sp³-hybridized carbons (Fsp3) is 0.440. The quantitative estimate of drug-likeness (QED) is 0.548. The Hall–Kier alpha value is -3.06. The third-order valence-corrected chi connectivity index (χ3v) is 6.73. The lowest BCUT2D eigenvalue weighted by Gasteiger charge is -2.39. The van der Waals surface area contributed by atoms with Gasteiger partial charge in [-0.3, -0.25) is 9.69 Å². The second-order valence-corrected chi connectivity index (χ2v) is 8.74. The molecule has 2 unspecified atom stereocenters. The standard InChI is InChI=1S/C25H31N3O4/c26-24(30)22-9-4-8-21(23(22)29)18-14-19-10-11-20(15-18)28(19)13-5-12-27-25(31)32-16-17-6-2-1-3-7-17/h1-4,6-9,18-20,29H,5,10-16H2,(H2,26,30)(H,27,31). The van der Waals surface area contributed by atoms with E-state index >= 15 is 0 Å². The van der Waals surface area contributed by atoms with E-state index in [9.17, 15) is 14.7 Å². The molecule has 170 valence electrons. The normalized spacial score (nSPS) is 22.4. The number of benzene rings is 2. The molecule has 4 rings (SSSR count). The van der Waals surface area contributed by atoms with Crippen molar-refractivity contribution in [3.8, 4) is 5.75 Å². The second-order valence-electron chi connectivity index (χ2n) is 8.74. The van der Waals surface area contributed by atoms with Gasteiger partial charge in [-0.15, -0.1) is 0 Å². The first-order valence-electron chi connectivity index (χ1n) is 11.3. The average molecular weight is 438 g/mol. The molecule has 0 saturated carbocycles. The average Bonchev–Trinajstić information content (AvgIpc) is 3.02. The van der Waals surface area contributed by atoms with Crippen LogP contribution in [0.25, 0.3) is 0 Å². The van der Waals surface area contributed by atoms with Gasteiger partial charge in [0.2, 0.25) is 0 Å². The number of carbonyl (C=O) groups excluding carboxylic acids is 2. The van der Waals surface area contributed by atoms with E-state index in [2.05, 4.69) is 10.2 Å². The number of aromatic hydroxyl groups is 1. The van der Waals surface area contributed by atoms with Gasteiger partial charge in [-0.1, -0.05) is 42.5 Å². The molecule has 2 aliphatic heterocycles. The zero-order valence-electron chi connectivity index (χ0n) is 18.2. The number of alkyl carbamates (subject to hydrolysis) is 1. The first kappa shape index (κ1) is 22.1. The molecule has 4 N–H and O–H groups in total. The molecule has 7 nitrogen and oxygen atoms in total. The number of nitrogens with two attached hydrogens (primary N) is 1. The highest BCUT2D eigenvalue weighted by Gasteiger charge is 2.41. The van der Waals surface area contributed by atoms with E-state index in [0.717, 1.165) is 49.8 Å². The first-order chi connectivity index (χ1) is 15.5. The predicted octanol–water partition coefficient (Wildman–Crippen LogP) is 3.52. The van der Waals surface area contributed by atoms with Gasteiger partial charge in [-0.05, 0) is 55.2 Å². The molecule has 2 atom stereocenters. The maximum atomic E-state index is 11.9. The van der Waals surface area contributed by atoms with Gasteiger partial charge in [-0.2, -0.15) is 0 Å². The maximum Gasteiger partial charge on any atom is 0.407 e. The number of nitrogens with one attached hydrogen (secondary N) is 1.